The highest BCUT2D eigenvalue weighted by Gasteiger charge is 1.89. The van der Waals surface area contributed by atoms with Crippen molar-refractivity contribution in [3.63, 3.8) is 0 Å². The molecule has 0 unspecified atom stereocenters. The molecule has 0 N–H and O–H groups in total. The molecule has 0 saturated carbocycles. The van der Waals surface area contributed by atoms with Gasteiger partial charge in [-0.15, -0.1) is 0 Å². The molecule has 1 heteroatoms. The van der Waals surface area contributed by atoms with Gasteiger partial charge >= 0.3 is 0 Å². The van der Waals surface area contributed by atoms with Crippen molar-refractivity contribution in [2.45, 2.75) is 20.3 Å². The summed E-state index contributed by atoms with van der Waals surface area (Å²) in [5.41, 5.74) is 2.40. The van der Waals surface area contributed by atoms with E-state index in [1.54, 1.807) is 0 Å². The molecule has 1 rings (SSSR count). The minimum absolute atomic E-state index is 0.994. The molecule has 0 bridgehead atoms. The maximum absolute atomic E-state index is 4.24. The van der Waals surface area contributed by atoms with E-state index in [0.717, 1.165) is 12.1 Å². The summed E-state index contributed by atoms with van der Waals surface area (Å²) in [5.74, 6) is 0. The normalized spacial score (nSPS) is 24.5. The Morgan fingerprint density at radius 3 is 2.91 bits per heavy atom. The van der Waals surface area contributed by atoms with Crippen LogP contribution < -0.4 is 0 Å². The van der Waals surface area contributed by atoms with Gasteiger partial charge in [-0.1, -0.05) is 24.6 Å². The van der Waals surface area contributed by atoms with Crippen LogP contribution in [0.5, 0.6) is 0 Å². The highest BCUT2D eigenvalue weighted by atomic mass is 14.7. The lowest BCUT2D eigenvalue weighted by Gasteiger charge is -1.96. The van der Waals surface area contributed by atoms with Gasteiger partial charge in [0.2, 0.25) is 0 Å². The van der Waals surface area contributed by atoms with E-state index in [-0.39, 0.29) is 0 Å². The van der Waals surface area contributed by atoms with Gasteiger partial charge in [0, 0.05) is 11.9 Å². The molecule has 58 valence electrons. The van der Waals surface area contributed by atoms with Crippen molar-refractivity contribution in [1.82, 2.24) is 0 Å². The Hall–Kier alpha value is -1.11. The van der Waals surface area contributed by atoms with Crippen LogP contribution in [0.1, 0.15) is 20.3 Å². The van der Waals surface area contributed by atoms with Crippen molar-refractivity contribution in [2.24, 2.45) is 4.99 Å². The SMILES string of the molecule is CCC1=N/C=C\C=C(/C)C=C1. The second kappa shape index (κ2) is 3.91. The molecule has 1 aliphatic rings. The van der Waals surface area contributed by atoms with Crippen LogP contribution in [0.2, 0.25) is 0 Å². The van der Waals surface area contributed by atoms with Crippen LogP contribution in [-0.4, -0.2) is 5.71 Å². The zero-order valence-electron chi connectivity index (χ0n) is 7.04. The first-order chi connectivity index (χ1) is 5.33. The highest BCUT2D eigenvalue weighted by Crippen LogP contribution is 2.01. The molecule has 11 heavy (non-hydrogen) atoms. The molecule has 0 aromatic carbocycles. The second-order valence-electron chi connectivity index (χ2n) is 2.56. The number of nitrogens with zero attached hydrogens (tertiary/aromatic N) is 1. The Bertz CT molecular complexity index is 242. The standard InChI is InChI=1S/C10H13N/c1-3-10-7-6-9(2)5-4-8-11-10/h4-8H,3H2,1-2H3/b5-4?,7-6?,8-4-,9-5+,9-6?,10-7?,11-8?,11-10?. The highest BCUT2D eigenvalue weighted by molar-refractivity contribution is 5.95. The van der Waals surface area contributed by atoms with E-state index in [1.807, 2.05) is 18.4 Å². The van der Waals surface area contributed by atoms with Crippen LogP contribution in [0.4, 0.5) is 0 Å². The van der Waals surface area contributed by atoms with Gasteiger partial charge in [0.15, 0.2) is 0 Å². The van der Waals surface area contributed by atoms with Crippen LogP contribution in [0.15, 0.2) is 41.1 Å². The summed E-state index contributed by atoms with van der Waals surface area (Å²) in [5, 5.41) is 0. The third-order valence-corrected chi connectivity index (χ3v) is 1.59. The molecule has 0 amide bonds. The molecule has 1 nitrogen and oxygen atoms in total. The zero-order valence-corrected chi connectivity index (χ0v) is 7.04. The Kier molecular flexibility index (Phi) is 2.84. The van der Waals surface area contributed by atoms with Gasteiger partial charge in [-0.25, -0.2) is 0 Å². The summed E-state index contributed by atoms with van der Waals surface area (Å²) in [7, 11) is 0. The lowest BCUT2D eigenvalue weighted by Crippen LogP contribution is -1.89. The monoisotopic (exact) mass is 147 g/mol. The van der Waals surface area contributed by atoms with E-state index in [9.17, 15) is 0 Å². The lowest BCUT2D eigenvalue weighted by atomic mass is 10.2. The van der Waals surface area contributed by atoms with Crippen LogP contribution in [0.3, 0.4) is 0 Å². The van der Waals surface area contributed by atoms with E-state index >= 15 is 0 Å². The van der Waals surface area contributed by atoms with Crippen molar-refractivity contribution in [2.75, 3.05) is 0 Å². The summed E-state index contributed by atoms with van der Waals surface area (Å²) in [6, 6.07) is 0. The maximum Gasteiger partial charge on any atom is 0.0400 e. The van der Waals surface area contributed by atoms with Gasteiger partial charge in [-0.3, -0.25) is 4.99 Å². The maximum atomic E-state index is 4.24. The van der Waals surface area contributed by atoms with Crippen LogP contribution in [-0.2, 0) is 0 Å². The first-order valence-electron chi connectivity index (χ1n) is 3.91. The van der Waals surface area contributed by atoms with Crippen LogP contribution >= 0.6 is 0 Å². The topological polar surface area (TPSA) is 12.4 Å². The summed E-state index contributed by atoms with van der Waals surface area (Å²) in [6.45, 7) is 4.19. The Morgan fingerprint density at radius 1 is 1.36 bits per heavy atom. The minimum atomic E-state index is 0.994. The van der Waals surface area contributed by atoms with Crippen molar-refractivity contribution in [1.29, 1.82) is 0 Å². The van der Waals surface area contributed by atoms with Gasteiger partial charge in [0.25, 0.3) is 0 Å². The molecule has 0 radical (unpaired) electrons. The molecule has 1 aliphatic heterocycles. The van der Waals surface area contributed by atoms with E-state index in [2.05, 4.69) is 31.0 Å². The summed E-state index contributed by atoms with van der Waals surface area (Å²) < 4.78 is 0. The summed E-state index contributed by atoms with van der Waals surface area (Å²) in [4.78, 5) is 4.24. The predicted molar refractivity (Wildman–Crippen MR) is 49.8 cm³/mol. The summed E-state index contributed by atoms with van der Waals surface area (Å²) in [6.07, 6.45) is 11.0. The fraction of sp³-hybridized carbons (Fsp3) is 0.300. The molecule has 1 heterocycles. The third-order valence-electron chi connectivity index (χ3n) is 1.59. The minimum Gasteiger partial charge on any atom is -0.261 e. The second-order valence-corrected chi connectivity index (χ2v) is 2.56. The Labute approximate surface area is 67.8 Å². The molecule has 0 aromatic heterocycles. The van der Waals surface area contributed by atoms with E-state index < -0.39 is 0 Å². The molecular weight excluding hydrogens is 134 g/mol. The van der Waals surface area contributed by atoms with Crippen LogP contribution in [0, 0.1) is 0 Å². The molecule has 0 aliphatic carbocycles. The fourth-order valence-corrected chi connectivity index (χ4v) is 0.869. The Morgan fingerprint density at radius 2 is 2.18 bits per heavy atom. The molecule has 0 spiro atoms. The van der Waals surface area contributed by atoms with E-state index in [4.69, 9.17) is 0 Å². The van der Waals surface area contributed by atoms with E-state index in [1.165, 1.54) is 5.57 Å². The lowest BCUT2D eigenvalue weighted by molar-refractivity contribution is 1.27. The number of hydrogen-bond acceptors (Lipinski definition) is 1. The third kappa shape index (κ3) is 2.54. The van der Waals surface area contributed by atoms with E-state index in [0.29, 0.717) is 0 Å². The molecule has 0 saturated heterocycles. The van der Waals surface area contributed by atoms with Gasteiger partial charge < -0.3 is 0 Å². The van der Waals surface area contributed by atoms with Gasteiger partial charge in [-0.2, -0.15) is 0 Å². The first kappa shape index (κ1) is 7.99. The van der Waals surface area contributed by atoms with Gasteiger partial charge in [0.1, 0.15) is 0 Å². The van der Waals surface area contributed by atoms with Crippen LogP contribution in [0.25, 0.3) is 0 Å². The number of aliphatic imine (C=N–C) groups is 1. The number of allylic oxidation sites excluding steroid dienone is 5. The number of rotatable bonds is 1. The largest absolute Gasteiger partial charge is 0.261 e. The quantitative estimate of drug-likeness (QED) is 0.540. The van der Waals surface area contributed by atoms with Gasteiger partial charge in [-0.05, 0) is 25.5 Å². The van der Waals surface area contributed by atoms with Gasteiger partial charge in [0.05, 0.1) is 0 Å². The molecule has 0 fully saturated rings. The van der Waals surface area contributed by atoms with Crippen molar-refractivity contribution < 1.29 is 0 Å². The smallest absolute Gasteiger partial charge is 0.0400 e. The predicted octanol–water partition coefficient (Wildman–Crippen LogP) is 2.87. The number of hydrogen-bond donors (Lipinski definition) is 0. The average Bonchev–Trinajstić information content (AvgIpc) is 1.98. The zero-order chi connectivity index (χ0) is 8.10. The van der Waals surface area contributed by atoms with Crippen molar-refractivity contribution in [3.8, 4) is 0 Å². The fourth-order valence-electron chi connectivity index (χ4n) is 0.869. The van der Waals surface area contributed by atoms with Crippen molar-refractivity contribution in [3.05, 3.63) is 36.1 Å². The molecule has 0 atom stereocenters. The molecule has 0 aromatic rings. The average molecular weight is 147 g/mol. The van der Waals surface area contributed by atoms with Crippen molar-refractivity contribution >= 4 is 5.71 Å². The molecular formula is C10H13N. The first-order valence-corrected chi connectivity index (χ1v) is 3.91. The summed E-state index contributed by atoms with van der Waals surface area (Å²) >= 11 is 0. The Balaban J connectivity index is 2.81.